The van der Waals surface area contributed by atoms with E-state index < -0.39 is 5.41 Å². The van der Waals surface area contributed by atoms with E-state index in [1.807, 2.05) is 26.0 Å². The summed E-state index contributed by atoms with van der Waals surface area (Å²) in [6.07, 6.45) is 0. The summed E-state index contributed by atoms with van der Waals surface area (Å²) in [5.41, 5.74) is 7.43. The van der Waals surface area contributed by atoms with Gasteiger partial charge in [0.1, 0.15) is 5.82 Å². The Balaban J connectivity index is 2.04. The minimum Gasteiger partial charge on any atom is -0.399 e. The first kappa shape index (κ1) is 15.0. The number of amides is 1. The molecular weight excluding hydrogens is 267 g/mol. The second-order valence-corrected chi connectivity index (χ2v) is 5.56. The molecule has 0 heterocycles. The van der Waals surface area contributed by atoms with Gasteiger partial charge in [-0.25, -0.2) is 4.39 Å². The van der Waals surface area contributed by atoms with Crippen LogP contribution in [0.3, 0.4) is 0 Å². The molecule has 0 spiro atoms. The van der Waals surface area contributed by atoms with Crippen LogP contribution in [0.2, 0.25) is 0 Å². The average molecular weight is 286 g/mol. The first-order valence-electron chi connectivity index (χ1n) is 6.78. The highest BCUT2D eigenvalue weighted by molar-refractivity contribution is 5.87. The van der Waals surface area contributed by atoms with Crippen LogP contribution in [0.15, 0.2) is 48.5 Å². The van der Waals surface area contributed by atoms with Gasteiger partial charge in [-0.15, -0.1) is 0 Å². The van der Waals surface area contributed by atoms with E-state index in [0.717, 1.165) is 11.1 Å². The molecule has 21 heavy (non-hydrogen) atoms. The SMILES string of the molecule is CC(C)(C(=O)NCc1ccc(F)cc1)c1ccc(N)cc1. The molecule has 2 aromatic carbocycles. The van der Waals surface area contributed by atoms with Crippen LogP contribution in [-0.2, 0) is 16.8 Å². The Morgan fingerprint density at radius 1 is 1.10 bits per heavy atom. The lowest BCUT2D eigenvalue weighted by Gasteiger charge is -2.24. The predicted octanol–water partition coefficient (Wildman–Crippen LogP) is 3.00. The first-order valence-corrected chi connectivity index (χ1v) is 6.78. The van der Waals surface area contributed by atoms with Crippen molar-refractivity contribution in [1.29, 1.82) is 0 Å². The third kappa shape index (κ3) is 3.60. The van der Waals surface area contributed by atoms with Crippen LogP contribution in [0.4, 0.5) is 10.1 Å². The van der Waals surface area contributed by atoms with E-state index in [1.165, 1.54) is 12.1 Å². The van der Waals surface area contributed by atoms with Crippen molar-refractivity contribution in [3.05, 3.63) is 65.5 Å². The van der Waals surface area contributed by atoms with Crippen LogP contribution in [-0.4, -0.2) is 5.91 Å². The number of nitrogens with one attached hydrogen (secondary N) is 1. The maximum Gasteiger partial charge on any atom is 0.230 e. The number of hydrogen-bond donors (Lipinski definition) is 2. The number of halogens is 1. The Kier molecular flexibility index (Phi) is 4.26. The maximum atomic E-state index is 12.8. The van der Waals surface area contributed by atoms with E-state index in [1.54, 1.807) is 24.3 Å². The van der Waals surface area contributed by atoms with Crippen LogP contribution < -0.4 is 11.1 Å². The minimum absolute atomic E-state index is 0.0865. The fraction of sp³-hybridized carbons (Fsp3) is 0.235. The fourth-order valence-corrected chi connectivity index (χ4v) is 2.04. The quantitative estimate of drug-likeness (QED) is 0.849. The lowest BCUT2D eigenvalue weighted by Crippen LogP contribution is -2.39. The zero-order chi connectivity index (χ0) is 15.5. The summed E-state index contributed by atoms with van der Waals surface area (Å²) in [6, 6.07) is 13.4. The second-order valence-electron chi connectivity index (χ2n) is 5.56. The third-order valence-corrected chi connectivity index (χ3v) is 3.57. The van der Waals surface area contributed by atoms with E-state index in [4.69, 9.17) is 5.73 Å². The summed E-state index contributed by atoms with van der Waals surface area (Å²) in [6.45, 7) is 4.09. The molecule has 0 aliphatic rings. The number of carbonyl (C=O) groups excluding carboxylic acids is 1. The number of anilines is 1. The van der Waals surface area contributed by atoms with Crippen molar-refractivity contribution < 1.29 is 9.18 Å². The van der Waals surface area contributed by atoms with E-state index in [2.05, 4.69) is 5.32 Å². The van der Waals surface area contributed by atoms with E-state index in [0.29, 0.717) is 12.2 Å². The van der Waals surface area contributed by atoms with E-state index >= 15 is 0 Å². The molecule has 0 aromatic heterocycles. The largest absolute Gasteiger partial charge is 0.399 e. The molecule has 0 fully saturated rings. The summed E-state index contributed by atoms with van der Waals surface area (Å²) < 4.78 is 12.8. The van der Waals surface area contributed by atoms with Gasteiger partial charge in [0, 0.05) is 12.2 Å². The predicted molar refractivity (Wildman–Crippen MR) is 82.1 cm³/mol. The van der Waals surface area contributed by atoms with Crippen molar-refractivity contribution in [2.45, 2.75) is 25.8 Å². The van der Waals surface area contributed by atoms with Crippen molar-refractivity contribution in [1.82, 2.24) is 5.32 Å². The van der Waals surface area contributed by atoms with Crippen LogP contribution in [0.25, 0.3) is 0 Å². The molecule has 0 saturated heterocycles. The van der Waals surface area contributed by atoms with E-state index in [-0.39, 0.29) is 11.7 Å². The molecule has 0 bridgehead atoms. The Morgan fingerprint density at radius 3 is 2.24 bits per heavy atom. The lowest BCUT2D eigenvalue weighted by molar-refractivity contribution is -0.125. The highest BCUT2D eigenvalue weighted by Gasteiger charge is 2.29. The molecule has 0 saturated carbocycles. The smallest absolute Gasteiger partial charge is 0.230 e. The van der Waals surface area contributed by atoms with Crippen LogP contribution >= 0.6 is 0 Å². The summed E-state index contributed by atoms with van der Waals surface area (Å²) in [5, 5.41) is 2.88. The molecule has 0 radical (unpaired) electrons. The van der Waals surface area contributed by atoms with Gasteiger partial charge in [-0.2, -0.15) is 0 Å². The second kappa shape index (κ2) is 5.95. The molecule has 4 heteroatoms. The number of nitrogens with two attached hydrogens (primary N) is 1. The van der Waals surface area contributed by atoms with Gasteiger partial charge >= 0.3 is 0 Å². The number of rotatable bonds is 4. The van der Waals surface area contributed by atoms with Gasteiger partial charge in [0.05, 0.1) is 5.41 Å². The van der Waals surface area contributed by atoms with Gasteiger partial charge in [0.15, 0.2) is 0 Å². The maximum absolute atomic E-state index is 12.8. The first-order chi connectivity index (χ1) is 9.89. The molecule has 3 nitrogen and oxygen atoms in total. The number of benzene rings is 2. The fourth-order valence-electron chi connectivity index (χ4n) is 2.04. The van der Waals surface area contributed by atoms with Gasteiger partial charge < -0.3 is 11.1 Å². The number of carbonyl (C=O) groups is 1. The van der Waals surface area contributed by atoms with Crippen molar-refractivity contribution >= 4 is 11.6 Å². The topological polar surface area (TPSA) is 55.1 Å². The number of nitrogen functional groups attached to an aromatic ring is 1. The molecule has 110 valence electrons. The lowest BCUT2D eigenvalue weighted by atomic mass is 9.83. The summed E-state index contributed by atoms with van der Waals surface area (Å²) in [5.74, 6) is -0.371. The number of hydrogen-bond acceptors (Lipinski definition) is 2. The molecule has 2 aromatic rings. The highest BCUT2D eigenvalue weighted by Crippen LogP contribution is 2.24. The summed E-state index contributed by atoms with van der Waals surface area (Å²) in [4.78, 5) is 12.4. The van der Waals surface area contributed by atoms with Gasteiger partial charge in [0.25, 0.3) is 0 Å². The average Bonchev–Trinajstić information content (AvgIpc) is 2.46. The van der Waals surface area contributed by atoms with Gasteiger partial charge in [-0.3, -0.25) is 4.79 Å². The molecule has 2 rings (SSSR count). The van der Waals surface area contributed by atoms with Crippen LogP contribution in [0, 0.1) is 5.82 Å². The summed E-state index contributed by atoms with van der Waals surface area (Å²) in [7, 11) is 0. The molecule has 1 amide bonds. The van der Waals surface area contributed by atoms with Crippen LogP contribution in [0.5, 0.6) is 0 Å². The summed E-state index contributed by atoms with van der Waals surface area (Å²) >= 11 is 0. The molecule has 3 N–H and O–H groups in total. The van der Waals surface area contributed by atoms with E-state index in [9.17, 15) is 9.18 Å². The van der Waals surface area contributed by atoms with Crippen LogP contribution in [0.1, 0.15) is 25.0 Å². The Bertz CT molecular complexity index is 618. The van der Waals surface area contributed by atoms with Crippen molar-refractivity contribution in [3.63, 3.8) is 0 Å². The molecule has 0 unspecified atom stereocenters. The molecular formula is C17H19FN2O. The third-order valence-electron chi connectivity index (χ3n) is 3.57. The van der Waals surface area contributed by atoms with Crippen molar-refractivity contribution in [2.24, 2.45) is 0 Å². The molecule has 0 aliphatic heterocycles. The van der Waals surface area contributed by atoms with Gasteiger partial charge in [0.2, 0.25) is 5.91 Å². The standard InChI is InChI=1S/C17H19FN2O/c1-17(2,13-5-9-15(19)10-6-13)16(21)20-11-12-3-7-14(18)8-4-12/h3-10H,11,19H2,1-2H3,(H,20,21). The zero-order valence-electron chi connectivity index (χ0n) is 12.2. The Hall–Kier alpha value is -2.36. The Labute approximate surface area is 124 Å². The normalized spacial score (nSPS) is 11.2. The van der Waals surface area contributed by atoms with Gasteiger partial charge in [-0.05, 0) is 49.2 Å². The Morgan fingerprint density at radius 2 is 1.67 bits per heavy atom. The van der Waals surface area contributed by atoms with Crippen molar-refractivity contribution in [3.8, 4) is 0 Å². The highest BCUT2D eigenvalue weighted by atomic mass is 19.1. The van der Waals surface area contributed by atoms with Crippen molar-refractivity contribution in [2.75, 3.05) is 5.73 Å². The zero-order valence-corrected chi connectivity index (χ0v) is 12.2. The molecule has 0 aliphatic carbocycles. The van der Waals surface area contributed by atoms with Gasteiger partial charge in [-0.1, -0.05) is 24.3 Å². The minimum atomic E-state index is -0.659. The monoisotopic (exact) mass is 286 g/mol. The molecule has 0 atom stereocenters.